The quantitative estimate of drug-likeness (QED) is 0.823. The molecule has 0 radical (unpaired) electrons. The zero-order chi connectivity index (χ0) is 17.6. The van der Waals surface area contributed by atoms with Crippen molar-refractivity contribution in [2.24, 2.45) is 0 Å². The van der Waals surface area contributed by atoms with Crippen LogP contribution in [0.4, 0.5) is 11.6 Å². The summed E-state index contributed by atoms with van der Waals surface area (Å²) >= 11 is 0. The summed E-state index contributed by atoms with van der Waals surface area (Å²) in [6.07, 6.45) is 2.59. The Balaban J connectivity index is 1.42. The van der Waals surface area contributed by atoms with E-state index in [1.54, 1.807) is 13.0 Å². The number of nitrogens with zero attached hydrogens (tertiary/aromatic N) is 4. The van der Waals surface area contributed by atoms with E-state index in [0.717, 1.165) is 37.4 Å². The molecule has 1 saturated heterocycles. The summed E-state index contributed by atoms with van der Waals surface area (Å²) in [7, 11) is 0. The number of carbonyl (C=O) groups excluding carboxylic acids is 1. The Hall–Kier alpha value is -2.48. The Morgan fingerprint density at radius 2 is 2.24 bits per heavy atom. The minimum Gasteiger partial charge on any atom is -0.360 e. The van der Waals surface area contributed by atoms with Gasteiger partial charge in [-0.3, -0.25) is 4.79 Å². The lowest BCUT2D eigenvalue weighted by molar-refractivity contribution is -0.116. The number of anilines is 2. The molecular weight excluding hydrogens is 320 g/mol. The molecule has 2 aromatic heterocycles. The molecule has 0 aliphatic carbocycles. The van der Waals surface area contributed by atoms with E-state index >= 15 is 0 Å². The van der Waals surface area contributed by atoms with Crippen LogP contribution in [0.2, 0.25) is 0 Å². The zero-order valence-electron chi connectivity index (χ0n) is 14.7. The van der Waals surface area contributed by atoms with Crippen LogP contribution in [0, 0.1) is 13.8 Å². The Labute approximate surface area is 147 Å². The largest absolute Gasteiger partial charge is 0.360 e. The van der Waals surface area contributed by atoms with Crippen molar-refractivity contribution in [2.45, 2.75) is 39.2 Å². The third kappa shape index (κ3) is 4.99. The fourth-order valence-electron chi connectivity index (χ4n) is 2.93. The molecule has 0 spiro atoms. The van der Waals surface area contributed by atoms with Gasteiger partial charge < -0.3 is 20.1 Å². The lowest BCUT2D eigenvalue weighted by Gasteiger charge is -2.33. The molecule has 1 aliphatic heterocycles. The first-order valence-electron chi connectivity index (χ1n) is 8.62. The fourth-order valence-corrected chi connectivity index (χ4v) is 2.93. The third-order valence-corrected chi connectivity index (χ3v) is 4.21. The van der Waals surface area contributed by atoms with Crippen LogP contribution in [0.3, 0.4) is 0 Å². The minimum absolute atomic E-state index is 0.0714. The zero-order valence-corrected chi connectivity index (χ0v) is 14.7. The second-order valence-electron chi connectivity index (χ2n) is 6.39. The van der Waals surface area contributed by atoms with Crippen LogP contribution in [0.25, 0.3) is 0 Å². The Morgan fingerprint density at radius 1 is 1.36 bits per heavy atom. The van der Waals surface area contributed by atoms with Crippen molar-refractivity contribution in [3.05, 3.63) is 29.7 Å². The smallest absolute Gasteiger partial charge is 0.226 e. The summed E-state index contributed by atoms with van der Waals surface area (Å²) in [6.45, 7) is 6.21. The molecular formula is C17H24N6O2. The molecule has 2 aromatic rings. The molecule has 1 fully saturated rings. The molecule has 1 atom stereocenters. The van der Waals surface area contributed by atoms with Gasteiger partial charge in [-0.05, 0) is 38.8 Å². The van der Waals surface area contributed by atoms with Gasteiger partial charge in [0, 0.05) is 38.2 Å². The summed E-state index contributed by atoms with van der Waals surface area (Å²) in [6, 6.07) is 6.04. The predicted octanol–water partition coefficient (Wildman–Crippen LogP) is 1.67. The van der Waals surface area contributed by atoms with E-state index in [2.05, 4.69) is 30.9 Å². The Bertz CT molecular complexity index is 699. The van der Waals surface area contributed by atoms with E-state index in [1.165, 1.54) is 0 Å². The van der Waals surface area contributed by atoms with E-state index < -0.39 is 0 Å². The second kappa shape index (κ2) is 8.06. The van der Waals surface area contributed by atoms with E-state index in [0.29, 0.717) is 30.6 Å². The lowest BCUT2D eigenvalue weighted by Crippen LogP contribution is -2.46. The lowest BCUT2D eigenvalue weighted by atomic mass is 10.1. The third-order valence-electron chi connectivity index (χ3n) is 4.21. The maximum absolute atomic E-state index is 11.9. The highest BCUT2D eigenvalue weighted by Gasteiger charge is 2.21. The molecule has 0 aromatic carbocycles. The highest BCUT2D eigenvalue weighted by atomic mass is 16.5. The highest BCUT2D eigenvalue weighted by Crippen LogP contribution is 2.17. The molecule has 0 bridgehead atoms. The number of carbonyl (C=O) groups is 1. The molecule has 2 N–H and O–H groups in total. The molecule has 3 rings (SSSR count). The van der Waals surface area contributed by atoms with Crippen molar-refractivity contribution in [1.82, 2.24) is 20.7 Å². The highest BCUT2D eigenvalue weighted by molar-refractivity contribution is 5.89. The van der Waals surface area contributed by atoms with Crippen molar-refractivity contribution < 1.29 is 9.32 Å². The van der Waals surface area contributed by atoms with E-state index in [-0.39, 0.29) is 5.91 Å². The number of aromatic nitrogens is 3. The van der Waals surface area contributed by atoms with Gasteiger partial charge in [-0.1, -0.05) is 5.16 Å². The number of hydrogen-bond acceptors (Lipinski definition) is 7. The van der Waals surface area contributed by atoms with Gasteiger partial charge in [-0.2, -0.15) is 5.10 Å². The standard InChI is InChI=1S/C17H24N6O2/c1-12-5-6-16(21-20-12)23-9-3-4-14(11-23)18-8-7-17(24)19-15-10-13(2)25-22-15/h5-6,10,14,18H,3-4,7-9,11H2,1-2H3,(H,19,22,24)/t14-/m1/s1. The first-order valence-corrected chi connectivity index (χ1v) is 8.62. The van der Waals surface area contributed by atoms with Crippen molar-refractivity contribution >= 4 is 17.5 Å². The number of nitrogens with one attached hydrogen (secondary N) is 2. The average molecular weight is 344 g/mol. The second-order valence-corrected chi connectivity index (χ2v) is 6.39. The molecule has 0 unspecified atom stereocenters. The number of amides is 1. The van der Waals surface area contributed by atoms with Gasteiger partial charge in [0.2, 0.25) is 5.91 Å². The minimum atomic E-state index is -0.0714. The van der Waals surface area contributed by atoms with Gasteiger partial charge in [0.05, 0.1) is 5.69 Å². The maximum Gasteiger partial charge on any atom is 0.226 e. The summed E-state index contributed by atoms with van der Waals surface area (Å²) in [4.78, 5) is 14.2. The van der Waals surface area contributed by atoms with Crippen molar-refractivity contribution in [2.75, 3.05) is 29.9 Å². The van der Waals surface area contributed by atoms with Gasteiger partial charge in [0.25, 0.3) is 0 Å². The predicted molar refractivity (Wildman–Crippen MR) is 94.5 cm³/mol. The molecule has 8 heteroatoms. The van der Waals surface area contributed by atoms with Gasteiger partial charge in [-0.15, -0.1) is 5.10 Å². The van der Waals surface area contributed by atoms with E-state index in [9.17, 15) is 4.79 Å². The Morgan fingerprint density at radius 3 is 2.96 bits per heavy atom. The molecule has 1 aliphatic rings. The van der Waals surface area contributed by atoms with Crippen LogP contribution < -0.4 is 15.5 Å². The van der Waals surface area contributed by atoms with Crippen molar-refractivity contribution in [3.8, 4) is 0 Å². The number of piperidine rings is 1. The van der Waals surface area contributed by atoms with Crippen LogP contribution >= 0.6 is 0 Å². The number of aryl methyl sites for hydroxylation is 2. The van der Waals surface area contributed by atoms with Crippen molar-refractivity contribution in [1.29, 1.82) is 0 Å². The number of hydrogen-bond donors (Lipinski definition) is 2. The van der Waals surface area contributed by atoms with Crippen LogP contribution in [0.15, 0.2) is 22.7 Å². The summed E-state index contributed by atoms with van der Waals surface area (Å²) in [5, 5.41) is 18.3. The fraction of sp³-hybridized carbons (Fsp3) is 0.529. The SMILES string of the molecule is Cc1ccc(N2CCC[C@@H](NCCC(=O)Nc3cc(C)on3)C2)nn1. The molecule has 25 heavy (non-hydrogen) atoms. The van der Waals surface area contributed by atoms with Crippen LogP contribution in [-0.4, -0.2) is 46.9 Å². The van der Waals surface area contributed by atoms with Crippen LogP contribution in [0.1, 0.15) is 30.7 Å². The average Bonchev–Trinajstić information content (AvgIpc) is 3.00. The van der Waals surface area contributed by atoms with Crippen LogP contribution in [-0.2, 0) is 4.79 Å². The first-order chi connectivity index (χ1) is 12.1. The summed E-state index contributed by atoms with van der Waals surface area (Å²) < 4.78 is 4.93. The van der Waals surface area contributed by atoms with Crippen molar-refractivity contribution in [3.63, 3.8) is 0 Å². The maximum atomic E-state index is 11.9. The molecule has 8 nitrogen and oxygen atoms in total. The Kier molecular flexibility index (Phi) is 5.60. The number of rotatable bonds is 6. The monoisotopic (exact) mass is 344 g/mol. The van der Waals surface area contributed by atoms with Gasteiger partial charge in [-0.25, -0.2) is 0 Å². The van der Waals surface area contributed by atoms with Gasteiger partial charge in [0.1, 0.15) is 5.76 Å². The summed E-state index contributed by atoms with van der Waals surface area (Å²) in [5.74, 6) is 1.98. The van der Waals surface area contributed by atoms with E-state index in [4.69, 9.17) is 4.52 Å². The molecule has 134 valence electrons. The topological polar surface area (TPSA) is 96.2 Å². The van der Waals surface area contributed by atoms with Gasteiger partial charge in [0.15, 0.2) is 11.6 Å². The molecule has 1 amide bonds. The first kappa shape index (κ1) is 17.3. The summed E-state index contributed by atoms with van der Waals surface area (Å²) in [5.41, 5.74) is 0.920. The van der Waals surface area contributed by atoms with Gasteiger partial charge >= 0.3 is 0 Å². The molecule has 0 saturated carbocycles. The normalized spacial score (nSPS) is 17.5. The van der Waals surface area contributed by atoms with Crippen LogP contribution in [0.5, 0.6) is 0 Å². The molecule has 3 heterocycles. The van der Waals surface area contributed by atoms with E-state index in [1.807, 2.05) is 19.1 Å².